The third-order valence-corrected chi connectivity index (χ3v) is 5.71. The standard InChI is InChI=1S/C17H25FN2O5S/c1-17(2,11-10-16(22)23)19-15(21)5-4-12-20(3)26(24,25)14-8-6-13(18)7-9-14/h6-9H,4-5,10-12H2,1-3H3,(H,19,21)(H,22,23). The molecule has 26 heavy (non-hydrogen) atoms. The first-order valence-corrected chi connectivity index (χ1v) is 9.63. The monoisotopic (exact) mass is 388 g/mol. The van der Waals surface area contributed by atoms with Gasteiger partial charge in [-0.25, -0.2) is 17.1 Å². The van der Waals surface area contributed by atoms with E-state index in [-0.39, 0.29) is 30.2 Å². The Balaban J connectivity index is 2.50. The summed E-state index contributed by atoms with van der Waals surface area (Å²) < 4.78 is 38.7. The molecule has 0 radical (unpaired) electrons. The summed E-state index contributed by atoms with van der Waals surface area (Å²) in [6.45, 7) is 3.60. The van der Waals surface area contributed by atoms with E-state index in [1.165, 1.54) is 19.2 Å². The first-order chi connectivity index (χ1) is 11.9. The highest BCUT2D eigenvalue weighted by Crippen LogP contribution is 2.16. The van der Waals surface area contributed by atoms with E-state index in [1.807, 2.05) is 0 Å². The van der Waals surface area contributed by atoms with Gasteiger partial charge < -0.3 is 10.4 Å². The molecule has 0 aliphatic heterocycles. The number of carboxylic acid groups (broad SMARTS) is 1. The number of rotatable bonds is 10. The number of carbonyl (C=O) groups excluding carboxylic acids is 1. The molecule has 146 valence electrons. The Morgan fingerprint density at radius 1 is 1.19 bits per heavy atom. The van der Waals surface area contributed by atoms with Gasteiger partial charge in [0.15, 0.2) is 0 Å². The molecule has 9 heteroatoms. The smallest absolute Gasteiger partial charge is 0.303 e. The van der Waals surface area contributed by atoms with Crippen LogP contribution >= 0.6 is 0 Å². The van der Waals surface area contributed by atoms with E-state index in [0.717, 1.165) is 16.4 Å². The van der Waals surface area contributed by atoms with Crippen LogP contribution in [0.3, 0.4) is 0 Å². The number of hydrogen-bond donors (Lipinski definition) is 2. The molecule has 0 unspecified atom stereocenters. The Bertz CT molecular complexity index is 732. The van der Waals surface area contributed by atoms with Crippen LogP contribution in [0.25, 0.3) is 0 Å². The molecule has 0 fully saturated rings. The van der Waals surface area contributed by atoms with Crippen molar-refractivity contribution >= 4 is 21.9 Å². The Kier molecular flexibility index (Phi) is 7.70. The first-order valence-electron chi connectivity index (χ1n) is 8.19. The third kappa shape index (κ3) is 7.09. The average molecular weight is 388 g/mol. The molecule has 0 heterocycles. The molecule has 0 saturated carbocycles. The van der Waals surface area contributed by atoms with Crippen molar-refractivity contribution in [2.75, 3.05) is 13.6 Å². The van der Waals surface area contributed by atoms with Crippen molar-refractivity contribution in [2.24, 2.45) is 0 Å². The molecule has 7 nitrogen and oxygen atoms in total. The molecular weight excluding hydrogens is 363 g/mol. The van der Waals surface area contributed by atoms with Gasteiger partial charge >= 0.3 is 5.97 Å². The summed E-state index contributed by atoms with van der Waals surface area (Å²) in [5.41, 5.74) is -0.651. The van der Waals surface area contributed by atoms with Crippen LogP contribution in [0.15, 0.2) is 29.2 Å². The van der Waals surface area contributed by atoms with Gasteiger partial charge in [0.1, 0.15) is 5.82 Å². The fourth-order valence-corrected chi connectivity index (χ4v) is 3.50. The van der Waals surface area contributed by atoms with E-state index >= 15 is 0 Å². The highest BCUT2D eigenvalue weighted by molar-refractivity contribution is 7.89. The van der Waals surface area contributed by atoms with Crippen LogP contribution < -0.4 is 5.32 Å². The van der Waals surface area contributed by atoms with E-state index in [2.05, 4.69) is 5.32 Å². The lowest BCUT2D eigenvalue weighted by Gasteiger charge is -2.26. The normalized spacial score (nSPS) is 12.2. The van der Waals surface area contributed by atoms with E-state index in [1.54, 1.807) is 13.8 Å². The summed E-state index contributed by atoms with van der Waals surface area (Å²) in [4.78, 5) is 22.6. The predicted molar refractivity (Wildman–Crippen MR) is 94.5 cm³/mol. The third-order valence-electron chi connectivity index (χ3n) is 3.84. The van der Waals surface area contributed by atoms with Crippen LogP contribution in [0.4, 0.5) is 4.39 Å². The number of halogens is 1. The fraction of sp³-hybridized carbons (Fsp3) is 0.529. The minimum absolute atomic E-state index is 0.0133. The van der Waals surface area contributed by atoms with Crippen LogP contribution in [0.2, 0.25) is 0 Å². The second-order valence-electron chi connectivity index (χ2n) is 6.71. The molecule has 0 atom stereocenters. The minimum Gasteiger partial charge on any atom is -0.481 e. The number of carbonyl (C=O) groups is 2. The Labute approximate surface area is 153 Å². The number of benzene rings is 1. The van der Waals surface area contributed by atoms with Crippen LogP contribution in [-0.2, 0) is 19.6 Å². The van der Waals surface area contributed by atoms with Crippen LogP contribution in [0, 0.1) is 5.82 Å². The zero-order valence-electron chi connectivity index (χ0n) is 15.2. The van der Waals surface area contributed by atoms with Crippen LogP contribution in [0.1, 0.15) is 39.5 Å². The second kappa shape index (κ2) is 9.09. The van der Waals surface area contributed by atoms with Crippen LogP contribution in [0.5, 0.6) is 0 Å². The molecule has 0 saturated heterocycles. The molecule has 1 aromatic carbocycles. The molecule has 0 bridgehead atoms. The molecule has 1 aromatic rings. The number of aliphatic carboxylic acids is 1. The van der Waals surface area contributed by atoms with E-state index in [4.69, 9.17) is 5.11 Å². The maximum absolute atomic E-state index is 12.9. The zero-order valence-corrected chi connectivity index (χ0v) is 16.0. The molecule has 2 N–H and O–H groups in total. The number of sulfonamides is 1. The average Bonchev–Trinajstić information content (AvgIpc) is 2.53. The van der Waals surface area contributed by atoms with Crippen molar-refractivity contribution in [2.45, 2.75) is 50.0 Å². The van der Waals surface area contributed by atoms with Gasteiger partial charge in [0.05, 0.1) is 4.90 Å². The summed E-state index contributed by atoms with van der Waals surface area (Å²) in [5, 5.41) is 11.5. The maximum Gasteiger partial charge on any atom is 0.303 e. The summed E-state index contributed by atoms with van der Waals surface area (Å²) >= 11 is 0. The van der Waals surface area contributed by atoms with Crippen molar-refractivity contribution in [3.8, 4) is 0 Å². The Hall–Kier alpha value is -2.00. The van der Waals surface area contributed by atoms with Gasteiger partial charge in [0.2, 0.25) is 15.9 Å². The molecule has 1 amide bonds. The van der Waals surface area contributed by atoms with Gasteiger partial charge in [-0.15, -0.1) is 0 Å². The lowest BCUT2D eigenvalue weighted by molar-refractivity contribution is -0.137. The highest BCUT2D eigenvalue weighted by Gasteiger charge is 2.23. The molecule has 0 aliphatic carbocycles. The summed E-state index contributed by atoms with van der Waals surface area (Å²) in [6.07, 6.45) is 0.663. The lowest BCUT2D eigenvalue weighted by Crippen LogP contribution is -2.43. The van der Waals surface area contributed by atoms with E-state index < -0.39 is 27.3 Å². The molecule has 0 spiro atoms. The lowest BCUT2D eigenvalue weighted by atomic mass is 9.98. The number of carboxylic acids is 1. The van der Waals surface area contributed by atoms with Crippen LogP contribution in [-0.4, -0.2) is 48.8 Å². The summed E-state index contributed by atoms with van der Waals surface area (Å²) in [6, 6.07) is 4.54. The number of nitrogens with one attached hydrogen (secondary N) is 1. The SMILES string of the molecule is CN(CCCC(=O)NC(C)(C)CCC(=O)O)S(=O)(=O)c1ccc(F)cc1. The maximum atomic E-state index is 12.9. The highest BCUT2D eigenvalue weighted by atomic mass is 32.2. The number of amides is 1. The van der Waals surface area contributed by atoms with E-state index in [0.29, 0.717) is 12.8 Å². The van der Waals surface area contributed by atoms with Gasteiger partial charge in [0, 0.05) is 32.0 Å². The predicted octanol–water partition coefficient (Wildman–Crippen LogP) is 1.99. The van der Waals surface area contributed by atoms with Gasteiger partial charge in [-0.1, -0.05) is 0 Å². The molecule has 1 rings (SSSR count). The Morgan fingerprint density at radius 2 is 1.77 bits per heavy atom. The van der Waals surface area contributed by atoms with Gasteiger partial charge in [-0.05, 0) is 51.0 Å². The van der Waals surface area contributed by atoms with Crippen molar-refractivity contribution < 1.29 is 27.5 Å². The minimum atomic E-state index is -3.74. The number of hydrogen-bond acceptors (Lipinski definition) is 4. The quantitative estimate of drug-likeness (QED) is 0.638. The topological polar surface area (TPSA) is 104 Å². The largest absolute Gasteiger partial charge is 0.481 e. The molecular formula is C17H25FN2O5S. The molecule has 0 aromatic heterocycles. The van der Waals surface area contributed by atoms with Gasteiger partial charge in [-0.2, -0.15) is 0 Å². The second-order valence-corrected chi connectivity index (χ2v) is 8.75. The summed E-state index contributed by atoms with van der Waals surface area (Å²) in [5.74, 6) is -1.72. The Morgan fingerprint density at radius 3 is 2.31 bits per heavy atom. The van der Waals surface area contributed by atoms with Crippen molar-refractivity contribution in [1.82, 2.24) is 9.62 Å². The van der Waals surface area contributed by atoms with Crippen molar-refractivity contribution in [3.63, 3.8) is 0 Å². The first kappa shape index (κ1) is 22.0. The van der Waals surface area contributed by atoms with Gasteiger partial charge in [0.25, 0.3) is 0 Å². The van der Waals surface area contributed by atoms with Crippen molar-refractivity contribution in [1.29, 1.82) is 0 Å². The fourth-order valence-electron chi connectivity index (χ4n) is 2.29. The van der Waals surface area contributed by atoms with Crippen molar-refractivity contribution in [3.05, 3.63) is 30.1 Å². The zero-order chi connectivity index (χ0) is 20.0. The molecule has 0 aliphatic rings. The number of nitrogens with zero attached hydrogens (tertiary/aromatic N) is 1. The summed E-state index contributed by atoms with van der Waals surface area (Å²) in [7, 11) is -2.34. The van der Waals surface area contributed by atoms with E-state index in [9.17, 15) is 22.4 Å². The van der Waals surface area contributed by atoms with Gasteiger partial charge in [-0.3, -0.25) is 9.59 Å².